The van der Waals surface area contributed by atoms with Gasteiger partial charge in [-0.2, -0.15) is 5.26 Å². The Morgan fingerprint density at radius 3 is 2.43 bits per heavy atom. The fourth-order valence-electron chi connectivity index (χ4n) is 6.90. The van der Waals surface area contributed by atoms with Gasteiger partial charge in [0.2, 0.25) is 5.89 Å². The molecule has 0 spiro atoms. The Bertz CT molecular complexity index is 1910. The monoisotopic (exact) mass is 601 g/mol. The number of aromatic nitrogens is 2. The van der Waals surface area contributed by atoms with Gasteiger partial charge < -0.3 is 4.42 Å². The van der Waals surface area contributed by atoms with E-state index in [0.717, 1.165) is 77.8 Å². The van der Waals surface area contributed by atoms with Gasteiger partial charge >= 0.3 is 0 Å². The SMILES string of the molecule is Cc1c(-c2nc3cc(CN4CC[C@@H](C)C4)cc(C#N)c3o2)cccc1-c1cccc(-c2nc3c(s2)CN(C(C)C)CC3)c1C. The van der Waals surface area contributed by atoms with Crippen molar-refractivity contribution in [1.82, 2.24) is 19.8 Å². The summed E-state index contributed by atoms with van der Waals surface area (Å²) >= 11 is 1.84. The maximum absolute atomic E-state index is 9.97. The van der Waals surface area contributed by atoms with Crippen LogP contribution in [0.25, 0.3) is 44.3 Å². The van der Waals surface area contributed by atoms with Gasteiger partial charge in [0.15, 0.2) is 5.58 Å². The highest BCUT2D eigenvalue weighted by Crippen LogP contribution is 2.40. The summed E-state index contributed by atoms with van der Waals surface area (Å²) in [5.41, 5.74) is 11.0. The second kappa shape index (κ2) is 11.6. The molecule has 0 N–H and O–H groups in total. The van der Waals surface area contributed by atoms with E-state index in [0.29, 0.717) is 23.1 Å². The molecule has 0 saturated carbocycles. The van der Waals surface area contributed by atoms with E-state index in [1.165, 1.54) is 33.7 Å². The van der Waals surface area contributed by atoms with Crippen molar-refractivity contribution in [3.05, 3.63) is 81.4 Å². The highest BCUT2D eigenvalue weighted by molar-refractivity contribution is 7.15. The topological polar surface area (TPSA) is 69.2 Å². The number of hydrogen-bond acceptors (Lipinski definition) is 7. The van der Waals surface area contributed by atoms with Crippen LogP contribution in [0.2, 0.25) is 0 Å². The first-order valence-electron chi connectivity index (χ1n) is 15.8. The number of hydrogen-bond donors (Lipinski definition) is 0. The van der Waals surface area contributed by atoms with Crippen molar-refractivity contribution in [2.24, 2.45) is 5.92 Å². The molecule has 1 atom stereocenters. The Labute approximate surface area is 264 Å². The average Bonchev–Trinajstić information content (AvgIpc) is 3.74. The van der Waals surface area contributed by atoms with Crippen molar-refractivity contribution in [3.8, 4) is 39.2 Å². The van der Waals surface area contributed by atoms with Crippen LogP contribution < -0.4 is 0 Å². The van der Waals surface area contributed by atoms with Crippen molar-refractivity contribution >= 4 is 22.4 Å². The van der Waals surface area contributed by atoms with Crippen molar-refractivity contribution in [2.45, 2.75) is 66.6 Å². The Morgan fingerprint density at radius 2 is 1.73 bits per heavy atom. The van der Waals surface area contributed by atoms with E-state index in [1.807, 2.05) is 17.4 Å². The summed E-state index contributed by atoms with van der Waals surface area (Å²) in [6.45, 7) is 16.3. The average molecular weight is 602 g/mol. The van der Waals surface area contributed by atoms with Crippen LogP contribution in [-0.4, -0.2) is 45.4 Å². The smallest absolute Gasteiger partial charge is 0.227 e. The van der Waals surface area contributed by atoms with Crippen molar-refractivity contribution < 1.29 is 4.42 Å². The fourth-order valence-corrected chi connectivity index (χ4v) is 8.11. The van der Waals surface area contributed by atoms with Crippen molar-refractivity contribution in [1.29, 1.82) is 5.26 Å². The molecule has 7 rings (SSSR count). The molecular weight excluding hydrogens is 563 g/mol. The molecular formula is C37H39N5OS. The molecule has 7 heteroatoms. The van der Waals surface area contributed by atoms with E-state index in [9.17, 15) is 5.26 Å². The summed E-state index contributed by atoms with van der Waals surface area (Å²) < 4.78 is 6.33. The summed E-state index contributed by atoms with van der Waals surface area (Å²) in [7, 11) is 0. The largest absolute Gasteiger partial charge is 0.435 e. The zero-order valence-electron chi connectivity index (χ0n) is 26.3. The lowest BCUT2D eigenvalue weighted by atomic mass is 9.91. The van der Waals surface area contributed by atoms with Crippen LogP contribution in [0.1, 0.15) is 60.0 Å². The van der Waals surface area contributed by atoms with Crippen LogP contribution in [0.5, 0.6) is 0 Å². The zero-order chi connectivity index (χ0) is 30.5. The Kier molecular flexibility index (Phi) is 7.62. The van der Waals surface area contributed by atoms with Gasteiger partial charge in [0.05, 0.1) is 11.3 Å². The molecule has 0 bridgehead atoms. The normalized spacial score (nSPS) is 17.4. The molecule has 2 aliphatic heterocycles. The van der Waals surface area contributed by atoms with Gasteiger partial charge in [-0.1, -0.05) is 37.3 Å². The highest BCUT2D eigenvalue weighted by Gasteiger charge is 2.25. The minimum absolute atomic E-state index is 0.544. The van der Waals surface area contributed by atoms with Gasteiger partial charge in [0.25, 0.3) is 0 Å². The van der Waals surface area contributed by atoms with Crippen LogP contribution in [-0.2, 0) is 19.5 Å². The van der Waals surface area contributed by atoms with E-state index in [2.05, 4.69) is 93.0 Å². The fraction of sp³-hybridized carbons (Fsp3) is 0.378. The molecule has 1 saturated heterocycles. The van der Waals surface area contributed by atoms with E-state index in [4.69, 9.17) is 14.4 Å². The quantitative estimate of drug-likeness (QED) is 0.195. The third kappa shape index (κ3) is 5.26. The molecule has 5 aromatic rings. The molecule has 0 unspecified atom stereocenters. The predicted molar refractivity (Wildman–Crippen MR) is 178 cm³/mol. The first-order chi connectivity index (χ1) is 21.3. The second-order valence-electron chi connectivity index (χ2n) is 12.9. The molecule has 1 fully saturated rings. The van der Waals surface area contributed by atoms with Crippen LogP contribution in [0, 0.1) is 31.1 Å². The maximum atomic E-state index is 9.97. The molecule has 6 nitrogen and oxygen atoms in total. The summed E-state index contributed by atoms with van der Waals surface area (Å²) in [5, 5.41) is 11.1. The first-order valence-corrected chi connectivity index (χ1v) is 16.6. The van der Waals surface area contributed by atoms with Crippen LogP contribution >= 0.6 is 11.3 Å². The van der Waals surface area contributed by atoms with E-state index >= 15 is 0 Å². The summed E-state index contributed by atoms with van der Waals surface area (Å²) in [6.07, 6.45) is 2.24. The molecule has 0 radical (unpaired) electrons. The van der Waals surface area contributed by atoms with E-state index in [-0.39, 0.29) is 0 Å². The third-order valence-electron chi connectivity index (χ3n) is 9.49. The minimum atomic E-state index is 0.544. The molecule has 44 heavy (non-hydrogen) atoms. The van der Waals surface area contributed by atoms with Crippen LogP contribution in [0.15, 0.2) is 52.9 Å². The van der Waals surface area contributed by atoms with Crippen molar-refractivity contribution in [3.63, 3.8) is 0 Å². The molecule has 2 aliphatic rings. The molecule has 3 aromatic carbocycles. The number of likely N-dealkylation sites (tertiary alicyclic amines) is 1. The van der Waals surface area contributed by atoms with E-state index < -0.39 is 0 Å². The zero-order valence-corrected chi connectivity index (χ0v) is 27.1. The number of rotatable bonds is 6. The van der Waals surface area contributed by atoms with Crippen molar-refractivity contribution in [2.75, 3.05) is 19.6 Å². The first kappa shape index (κ1) is 28.9. The number of benzene rings is 3. The molecule has 2 aromatic heterocycles. The van der Waals surface area contributed by atoms with Gasteiger partial charge in [-0.05, 0) is 92.6 Å². The molecule has 0 amide bonds. The van der Waals surface area contributed by atoms with Crippen LogP contribution in [0.4, 0.5) is 0 Å². The van der Waals surface area contributed by atoms with Crippen LogP contribution in [0.3, 0.4) is 0 Å². The third-order valence-corrected chi connectivity index (χ3v) is 10.6. The number of oxazole rings is 1. The second-order valence-corrected chi connectivity index (χ2v) is 14.0. The molecule has 4 heterocycles. The number of fused-ring (bicyclic) bond motifs is 2. The van der Waals surface area contributed by atoms with Gasteiger partial charge in [-0.3, -0.25) is 9.80 Å². The number of nitrogens with zero attached hydrogens (tertiary/aromatic N) is 5. The molecule has 0 aliphatic carbocycles. The van der Waals surface area contributed by atoms with Gasteiger partial charge in [0.1, 0.15) is 16.6 Å². The van der Waals surface area contributed by atoms with Gasteiger partial charge in [-0.15, -0.1) is 11.3 Å². The number of nitriles is 1. The lowest BCUT2D eigenvalue weighted by Gasteiger charge is -2.29. The standard InChI is InChI=1S/C37H39N5OS/c1-22(2)42-15-13-32-34(21-42)44-37(40-32)31-11-7-9-29(25(31)5)28-8-6-10-30(24(28)4)36-39-33-17-26(16-27(18-38)35(33)43-36)20-41-14-12-23(3)19-41/h6-11,16-17,22-23H,12-15,19-21H2,1-5H3/t23-/m1/s1. The summed E-state index contributed by atoms with van der Waals surface area (Å²) in [4.78, 5) is 16.4. The summed E-state index contributed by atoms with van der Waals surface area (Å²) in [5.74, 6) is 1.27. The predicted octanol–water partition coefficient (Wildman–Crippen LogP) is 8.38. The highest BCUT2D eigenvalue weighted by atomic mass is 32.1. The summed E-state index contributed by atoms with van der Waals surface area (Å²) in [6, 6.07) is 19.8. The minimum Gasteiger partial charge on any atom is -0.435 e. The Morgan fingerprint density at radius 1 is 1.00 bits per heavy atom. The Balaban J connectivity index is 1.23. The van der Waals surface area contributed by atoms with Gasteiger partial charge in [0, 0.05) is 54.6 Å². The number of thiazole rings is 1. The van der Waals surface area contributed by atoms with E-state index in [1.54, 1.807) is 0 Å². The van der Waals surface area contributed by atoms with Gasteiger partial charge in [-0.25, -0.2) is 9.97 Å². The lowest BCUT2D eigenvalue weighted by molar-refractivity contribution is 0.205. The maximum Gasteiger partial charge on any atom is 0.227 e. The Hall–Kier alpha value is -3.83. The lowest BCUT2D eigenvalue weighted by Crippen LogP contribution is -2.35. The molecule has 224 valence electrons.